The second-order valence-corrected chi connectivity index (χ2v) is 7.42. The van der Waals surface area contributed by atoms with Crippen molar-refractivity contribution in [2.24, 2.45) is 0 Å². The topological polar surface area (TPSA) is 83.0 Å². The van der Waals surface area contributed by atoms with Gasteiger partial charge in [-0.2, -0.15) is 0 Å². The summed E-state index contributed by atoms with van der Waals surface area (Å²) in [5.41, 5.74) is 1.05. The molecule has 30 heavy (non-hydrogen) atoms. The van der Waals surface area contributed by atoms with Crippen LogP contribution in [0.25, 0.3) is 5.76 Å². The molecule has 0 bridgehead atoms. The number of pyridine rings is 1. The van der Waals surface area contributed by atoms with Crippen LogP contribution in [0, 0.1) is 0 Å². The molecule has 1 aliphatic rings. The number of aliphatic hydroxyl groups excluding tert-OH is 1. The van der Waals surface area contributed by atoms with Crippen LogP contribution in [0.1, 0.15) is 30.6 Å². The van der Waals surface area contributed by atoms with E-state index < -0.39 is 17.7 Å². The first-order valence-electron chi connectivity index (χ1n) is 10.0. The fourth-order valence-electron chi connectivity index (χ4n) is 3.35. The van der Waals surface area contributed by atoms with Crippen molar-refractivity contribution in [3.8, 4) is 5.75 Å². The van der Waals surface area contributed by atoms with Crippen molar-refractivity contribution in [3.05, 3.63) is 65.5 Å². The van der Waals surface area contributed by atoms with Crippen molar-refractivity contribution in [1.29, 1.82) is 0 Å². The van der Waals surface area contributed by atoms with Gasteiger partial charge in [-0.1, -0.05) is 13.0 Å². The Kier molecular flexibility index (Phi) is 6.84. The Morgan fingerprint density at radius 1 is 1.17 bits per heavy atom. The van der Waals surface area contributed by atoms with Gasteiger partial charge in [-0.25, -0.2) is 0 Å². The van der Waals surface area contributed by atoms with Gasteiger partial charge in [-0.15, -0.1) is 0 Å². The highest BCUT2D eigenvalue weighted by atomic mass is 16.5. The minimum absolute atomic E-state index is 0.0553. The van der Waals surface area contributed by atoms with Crippen molar-refractivity contribution in [1.82, 2.24) is 14.8 Å². The van der Waals surface area contributed by atoms with Gasteiger partial charge in [0.2, 0.25) is 0 Å². The number of benzene rings is 1. The molecule has 1 saturated heterocycles. The molecular formula is C23H27N3O4. The number of aromatic nitrogens is 1. The number of carbonyl (C=O) groups excluding carboxylic acids is 2. The van der Waals surface area contributed by atoms with Gasteiger partial charge in [-0.05, 0) is 56.9 Å². The summed E-state index contributed by atoms with van der Waals surface area (Å²) < 4.78 is 5.57. The van der Waals surface area contributed by atoms with Crippen LogP contribution in [-0.2, 0) is 9.59 Å². The maximum atomic E-state index is 12.9. The molecule has 1 aliphatic heterocycles. The summed E-state index contributed by atoms with van der Waals surface area (Å²) in [7, 11) is 3.79. The zero-order chi connectivity index (χ0) is 21.7. The van der Waals surface area contributed by atoms with E-state index in [1.165, 1.54) is 4.90 Å². The SMILES string of the molecule is CCCOc1ccc(/C(O)=C2\C(=O)C(=O)N(CCN(C)C)[C@H]2c2ccccn2)cc1. The fourth-order valence-corrected chi connectivity index (χ4v) is 3.35. The van der Waals surface area contributed by atoms with Gasteiger partial charge in [0.25, 0.3) is 11.7 Å². The quantitative estimate of drug-likeness (QED) is 0.410. The number of Topliss-reactive ketones (excluding diaryl/α,β-unsaturated/α-hetero) is 1. The van der Waals surface area contributed by atoms with Gasteiger partial charge in [0.05, 0.1) is 17.9 Å². The van der Waals surface area contributed by atoms with E-state index in [0.717, 1.165) is 6.42 Å². The molecule has 0 spiro atoms. The molecule has 0 aliphatic carbocycles. The van der Waals surface area contributed by atoms with Crippen LogP contribution in [0.15, 0.2) is 54.2 Å². The summed E-state index contributed by atoms with van der Waals surface area (Å²) in [5.74, 6) is -0.857. The van der Waals surface area contributed by atoms with E-state index in [9.17, 15) is 14.7 Å². The molecule has 1 amide bonds. The second kappa shape index (κ2) is 9.54. The molecule has 3 rings (SSSR count). The Morgan fingerprint density at radius 2 is 1.90 bits per heavy atom. The van der Waals surface area contributed by atoms with E-state index >= 15 is 0 Å². The Labute approximate surface area is 176 Å². The zero-order valence-corrected chi connectivity index (χ0v) is 17.5. The molecule has 1 aromatic carbocycles. The van der Waals surface area contributed by atoms with Crippen LogP contribution >= 0.6 is 0 Å². The van der Waals surface area contributed by atoms with Crippen LogP contribution < -0.4 is 4.74 Å². The largest absolute Gasteiger partial charge is 0.507 e. The first-order valence-corrected chi connectivity index (χ1v) is 10.0. The Morgan fingerprint density at radius 3 is 2.50 bits per heavy atom. The number of amides is 1. The van der Waals surface area contributed by atoms with Gasteiger partial charge < -0.3 is 19.6 Å². The van der Waals surface area contributed by atoms with Gasteiger partial charge in [0.15, 0.2) is 0 Å². The first-order chi connectivity index (χ1) is 14.4. The van der Waals surface area contributed by atoms with E-state index in [1.807, 2.05) is 25.9 Å². The molecule has 0 radical (unpaired) electrons. The summed E-state index contributed by atoms with van der Waals surface area (Å²) in [6.07, 6.45) is 2.50. The van der Waals surface area contributed by atoms with E-state index in [0.29, 0.717) is 36.7 Å². The molecule has 158 valence electrons. The smallest absolute Gasteiger partial charge is 0.295 e. The number of nitrogens with zero attached hydrogens (tertiary/aromatic N) is 3. The Balaban J connectivity index is 2.03. The maximum absolute atomic E-state index is 12.9. The van der Waals surface area contributed by atoms with Gasteiger partial charge in [-0.3, -0.25) is 14.6 Å². The standard InChI is InChI=1S/C23H27N3O4/c1-4-15-30-17-10-8-16(9-11-17)21(27)19-20(18-7-5-6-12-24-18)26(14-13-25(2)3)23(29)22(19)28/h5-12,20,27H,4,13-15H2,1-3H3/b21-19+/t20-/m0/s1. The average Bonchev–Trinajstić information content (AvgIpc) is 3.01. The van der Waals surface area contributed by atoms with Crippen molar-refractivity contribution in [3.63, 3.8) is 0 Å². The monoisotopic (exact) mass is 409 g/mol. The molecule has 1 N–H and O–H groups in total. The van der Waals surface area contributed by atoms with Crippen LogP contribution in [0.5, 0.6) is 5.75 Å². The highest BCUT2D eigenvalue weighted by Crippen LogP contribution is 2.38. The number of carbonyl (C=O) groups is 2. The molecule has 2 aromatic rings. The summed E-state index contributed by atoms with van der Waals surface area (Å²) in [4.78, 5) is 33.4. The van der Waals surface area contributed by atoms with Gasteiger partial charge >= 0.3 is 0 Å². The minimum Gasteiger partial charge on any atom is -0.507 e. The molecule has 1 aromatic heterocycles. The lowest BCUT2D eigenvalue weighted by molar-refractivity contribution is -0.140. The summed E-state index contributed by atoms with van der Waals surface area (Å²) in [6, 6.07) is 11.4. The van der Waals surface area contributed by atoms with Crippen molar-refractivity contribution in [2.45, 2.75) is 19.4 Å². The molecule has 2 heterocycles. The number of hydrogen-bond donors (Lipinski definition) is 1. The van der Waals surface area contributed by atoms with E-state index in [2.05, 4.69) is 4.98 Å². The number of likely N-dealkylation sites (N-methyl/N-ethyl adjacent to an activating group) is 1. The van der Waals surface area contributed by atoms with Crippen molar-refractivity contribution >= 4 is 17.4 Å². The first kappa shape index (κ1) is 21.5. The average molecular weight is 409 g/mol. The number of rotatable bonds is 8. The predicted octanol–water partition coefficient (Wildman–Crippen LogP) is 2.85. The number of aliphatic hydroxyl groups is 1. The summed E-state index contributed by atoms with van der Waals surface area (Å²) in [6.45, 7) is 3.55. The molecule has 1 atom stereocenters. The number of ether oxygens (including phenoxy) is 1. The maximum Gasteiger partial charge on any atom is 0.295 e. The molecule has 7 heteroatoms. The minimum atomic E-state index is -0.734. The van der Waals surface area contributed by atoms with Crippen LogP contribution in [0.2, 0.25) is 0 Å². The fraction of sp³-hybridized carbons (Fsp3) is 0.348. The highest BCUT2D eigenvalue weighted by molar-refractivity contribution is 6.46. The zero-order valence-electron chi connectivity index (χ0n) is 17.5. The van der Waals surface area contributed by atoms with Crippen molar-refractivity contribution < 1.29 is 19.4 Å². The summed E-state index contributed by atoms with van der Waals surface area (Å²) >= 11 is 0. The lowest BCUT2D eigenvalue weighted by Crippen LogP contribution is -2.35. The van der Waals surface area contributed by atoms with Gasteiger partial charge in [0.1, 0.15) is 17.6 Å². The van der Waals surface area contributed by atoms with Crippen LogP contribution in [0.4, 0.5) is 0 Å². The van der Waals surface area contributed by atoms with E-state index in [4.69, 9.17) is 4.74 Å². The predicted molar refractivity (Wildman–Crippen MR) is 114 cm³/mol. The van der Waals surface area contributed by atoms with E-state index in [-0.39, 0.29) is 11.3 Å². The number of ketones is 1. The highest BCUT2D eigenvalue weighted by Gasteiger charge is 2.46. The molecular weight excluding hydrogens is 382 g/mol. The lowest BCUT2D eigenvalue weighted by atomic mass is 9.98. The lowest BCUT2D eigenvalue weighted by Gasteiger charge is -2.25. The normalized spacial score (nSPS) is 18.3. The van der Waals surface area contributed by atoms with Crippen LogP contribution in [0.3, 0.4) is 0 Å². The third-order valence-electron chi connectivity index (χ3n) is 4.90. The number of likely N-dealkylation sites (tertiary alicyclic amines) is 1. The molecule has 1 fully saturated rings. The Bertz CT molecular complexity index is 923. The van der Waals surface area contributed by atoms with Crippen LogP contribution in [-0.4, -0.2) is 65.4 Å². The van der Waals surface area contributed by atoms with Crippen molar-refractivity contribution in [2.75, 3.05) is 33.8 Å². The summed E-state index contributed by atoms with van der Waals surface area (Å²) in [5, 5.41) is 11.0. The Hall–Kier alpha value is -3.19. The molecule has 0 unspecified atom stereocenters. The van der Waals surface area contributed by atoms with E-state index in [1.54, 1.807) is 48.7 Å². The molecule has 7 nitrogen and oxygen atoms in total. The molecule has 0 saturated carbocycles. The van der Waals surface area contributed by atoms with Gasteiger partial charge in [0, 0.05) is 24.8 Å². The number of hydrogen-bond acceptors (Lipinski definition) is 6. The third-order valence-corrected chi connectivity index (χ3v) is 4.90. The second-order valence-electron chi connectivity index (χ2n) is 7.42. The third kappa shape index (κ3) is 4.52.